The van der Waals surface area contributed by atoms with Crippen molar-refractivity contribution in [3.8, 4) is 0 Å². The average Bonchev–Trinajstić information content (AvgIpc) is 3.41. The maximum absolute atomic E-state index is 13.9. The number of carbonyl (C=O) groups is 9. The van der Waals surface area contributed by atoms with E-state index < -0.39 is 96.2 Å². The van der Waals surface area contributed by atoms with E-state index in [0.717, 1.165) is 31.7 Å². The Morgan fingerprint density at radius 1 is 0.506 bits per heavy atom. The molecule has 0 saturated carbocycles. The van der Waals surface area contributed by atoms with E-state index in [1.807, 2.05) is 19.9 Å². The van der Waals surface area contributed by atoms with E-state index in [0.29, 0.717) is 45.2 Å². The second-order valence-corrected chi connectivity index (χ2v) is 21.1. The fourth-order valence-electron chi connectivity index (χ4n) is 8.60. The fourth-order valence-corrected chi connectivity index (χ4v) is 8.60. The molecular formula is C57H103N13O11. The van der Waals surface area contributed by atoms with E-state index in [2.05, 4.69) is 49.1 Å². The maximum Gasteiger partial charge on any atom is 0.300 e. The van der Waals surface area contributed by atoms with Crippen LogP contribution in [0, 0.1) is 5.92 Å². The van der Waals surface area contributed by atoms with Crippen molar-refractivity contribution in [2.45, 2.75) is 231 Å². The van der Waals surface area contributed by atoms with Gasteiger partial charge in [0.05, 0.1) is 6.61 Å². The molecular weight excluding hydrogens is 1040 g/mol. The first-order valence-corrected chi connectivity index (χ1v) is 29.3. The molecule has 0 aromatic heterocycles. The summed E-state index contributed by atoms with van der Waals surface area (Å²) in [6.45, 7) is 8.24. The average molecular weight is 1150 g/mol. The lowest BCUT2D eigenvalue weighted by Crippen LogP contribution is -2.60. The van der Waals surface area contributed by atoms with Crippen LogP contribution in [0.3, 0.4) is 0 Å². The van der Waals surface area contributed by atoms with Gasteiger partial charge < -0.3 is 76.1 Å². The number of benzene rings is 1. The fraction of sp³-hybridized carbons (Fsp3) is 0.719. The number of aliphatic carboxylic acids is 1. The number of carboxylic acids is 1. The van der Waals surface area contributed by atoms with Gasteiger partial charge in [0.1, 0.15) is 42.3 Å². The molecule has 0 spiro atoms. The number of aliphatic imine (C=N–C) groups is 1. The van der Waals surface area contributed by atoms with Gasteiger partial charge in [-0.05, 0) is 95.7 Å². The number of amides is 8. The molecule has 81 heavy (non-hydrogen) atoms. The van der Waals surface area contributed by atoms with Crippen LogP contribution in [0.25, 0.3) is 0 Å². The molecule has 0 aliphatic heterocycles. The third kappa shape index (κ3) is 38.0. The zero-order valence-corrected chi connectivity index (χ0v) is 49.2. The van der Waals surface area contributed by atoms with Crippen molar-refractivity contribution in [2.75, 3.05) is 26.2 Å². The number of hydrogen-bond donors (Lipinski definition) is 14. The molecule has 24 heteroatoms. The quantitative estimate of drug-likeness (QED) is 0.0253. The van der Waals surface area contributed by atoms with Gasteiger partial charge >= 0.3 is 0 Å². The smallest absolute Gasteiger partial charge is 0.300 e. The molecule has 8 amide bonds. The number of primary amides is 1. The number of nitrogens with zero attached hydrogens (tertiary/aromatic N) is 1. The van der Waals surface area contributed by atoms with Gasteiger partial charge in [-0.3, -0.25) is 48.1 Å². The topological polar surface area (TPSA) is 421 Å². The number of carboxylic acid groups (broad SMARTS) is 1. The van der Waals surface area contributed by atoms with Crippen molar-refractivity contribution in [1.82, 2.24) is 37.2 Å². The molecule has 0 unspecified atom stereocenters. The molecule has 0 heterocycles. The van der Waals surface area contributed by atoms with E-state index in [4.69, 9.17) is 38.6 Å². The van der Waals surface area contributed by atoms with E-state index in [1.54, 1.807) is 24.3 Å². The van der Waals surface area contributed by atoms with Gasteiger partial charge in [0, 0.05) is 26.3 Å². The number of unbranched alkanes of at least 4 members (excludes halogenated alkanes) is 14. The highest BCUT2D eigenvalue weighted by atomic mass is 16.4. The van der Waals surface area contributed by atoms with Crippen molar-refractivity contribution in [3.05, 3.63) is 35.9 Å². The summed E-state index contributed by atoms with van der Waals surface area (Å²) in [6, 6.07) is 0.393. The first kappa shape index (κ1) is 74.6. The van der Waals surface area contributed by atoms with Crippen LogP contribution in [0.15, 0.2) is 35.3 Å². The van der Waals surface area contributed by atoms with Crippen molar-refractivity contribution >= 4 is 59.2 Å². The number of carbonyl (C=O) groups excluding carboxylic acids is 8. The number of rotatable bonds is 45. The summed E-state index contributed by atoms with van der Waals surface area (Å²) in [5, 5.41) is 36.4. The summed E-state index contributed by atoms with van der Waals surface area (Å²) < 4.78 is 0. The number of aliphatic hydroxyl groups is 1. The Labute approximate surface area is 481 Å². The number of nitrogens with two attached hydrogens (primary N) is 5. The molecule has 1 aromatic carbocycles. The minimum absolute atomic E-state index is 0.0581. The molecule has 19 N–H and O–H groups in total. The van der Waals surface area contributed by atoms with Gasteiger partial charge in [-0.1, -0.05) is 128 Å². The number of aliphatic hydroxyl groups excluding tert-OH is 1. The lowest BCUT2D eigenvalue weighted by molar-refractivity contribution is -0.136. The van der Waals surface area contributed by atoms with Crippen LogP contribution < -0.4 is 65.9 Å². The Morgan fingerprint density at radius 2 is 0.914 bits per heavy atom. The van der Waals surface area contributed by atoms with Crippen molar-refractivity contribution in [3.63, 3.8) is 0 Å². The Morgan fingerprint density at radius 3 is 1.37 bits per heavy atom. The normalized spacial score (nSPS) is 13.5. The zero-order valence-electron chi connectivity index (χ0n) is 49.2. The van der Waals surface area contributed by atoms with Crippen LogP contribution in [-0.4, -0.2) is 138 Å². The van der Waals surface area contributed by atoms with Gasteiger partial charge in [-0.25, -0.2) is 0 Å². The highest BCUT2D eigenvalue weighted by molar-refractivity contribution is 5.97. The lowest BCUT2D eigenvalue weighted by atomic mass is 10.0. The molecule has 1 aromatic rings. The van der Waals surface area contributed by atoms with E-state index >= 15 is 0 Å². The molecule has 0 bridgehead atoms. The van der Waals surface area contributed by atoms with Gasteiger partial charge in [-0.2, -0.15) is 0 Å². The Hall–Kier alpha value is -6.40. The van der Waals surface area contributed by atoms with E-state index in [9.17, 15) is 43.5 Å². The third-order valence-corrected chi connectivity index (χ3v) is 13.1. The van der Waals surface area contributed by atoms with Gasteiger partial charge in [-0.15, -0.1) is 0 Å². The predicted molar refractivity (Wildman–Crippen MR) is 314 cm³/mol. The highest BCUT2D eigenvalue weighted by Crippen LogP contribution is 2.14. The Kier molecular flexibility index (Phi) is 42.6. The van der Waals surface area contributed by atoms with Crippen molar-refractivity contribution in [2.24, 2.45) is 39.6 Å². The second-order valence-electron chi connectivity index (χ2n) is 21.1. The summed E-state index contributed by atoms with van der Waals surface area (Å²) >= 11 is 0. The largest absolute Gasteiger partial charge is 0.481 e. The highest BCUT2D eigenvalue weighted by Gasteiger charge is 2.33. The Bertz CT molecular complexity index is 2010. The summed E-state index contributed by atoms with van der Waals surface area (Å²) in [6.07, 6.45) is 18.3. The molecule has 0 aliphatic carbocycles. The Balaban J connectivity index is 0.0000154. The number of nitrogens with one attached hydrogen (secondary N) is 7. The summed E-state index contributed by atoms with van der Waals surface area (Å²) in [5.74, 6) is -6.74. The van der Waals surface area contributed by atoms with Crippen LogP contribution in [0.4, 0.5) is 0 Å². The van der Waals surface area contributed by atoms with Crippen LogP contribution in [0.1, 0.15) is 188 Å². The molecule has 1 rings (SSSR count). The van der Waals surface area contributed by atoms with E-state index in [1.165, 1.54) is 64.7 Å². The molecule has 24 nitrogen and oxygen atoms in total. The SMILES string of the molecule is CC(=O)O.CCCCCCCCCCCCCCCC(=O)N[C@@H](CCCCN)C(=O)N[C@@H](CCCCN)C(=O)N[C@@H](CO)C(=O)N[C@@H](CCCN=C(N)N)C(=O)N[C@@H](C)C(=O)N[C@@H](CC(C)C)C(=O)N[C@@H](Cc1ccccc1)C(N)=O. The summed E-state index contributed by atoms with van der Waals surface area (Å²) in [7, 11) is 0. The number of guanidine groups is 1. The van der Waals surface area contributed by atoms with Crippen LogP contribution in [0.2, 0.25) is 0 Å². The van der Waals surface area contributed by atoms with Crippen LogP contribution in [-0.2, 0) is 49.6 Å². The number of hydrogen-bond acceptors (Lipinski definition) is 13. The standard InChI is InChI=1S/C55H99N13O9.C2H4O2/c1-5-6-7-8-9-10-11-12-13-14-15-16-20-31-47(70)63-41(28-21-23-32-56)51(74)64-42(29-22-24-33-57)52(75)68-46(37-69)54(77)65-43(30-25-34-61-55(59)60)50(73)62-39(4)49(72)67-45(35-38(2)3)53(76)66-44(48(58)71)36-40-26-18-17-19-27-40;1-2(3)4/h17-19,26-27,38-39,41-46,69H,5-16,20-25,28-37,56-57H2,1-4H3,(H2,58,71)(H,62,73)(H,63,70)(H,64,74)(H,65,77)(H,66,76)(H,67,72)(H,68,75)(H4,59,60,61);1H3,(H,3,4)/t39-,41-,42-,43-,44-,45-,46-;/m0./s1. The first-order chi connectivity index (χ1) is 38.6. The first-order valence-electron chi connectivity index (χ1n) is 29.3. The second kappa shape index (κ2) is 46.2. The molecule has 0 saturated heterocycles. The van der Waals surface area contributed by atoms with Gasteiger partial charge in [0.15, 0.2) is 5.96 Å². The van der Waals surface area contributed by atoms with Gasteiger partial charge in [0.2, 0.25) is 47.3 Å². The van der Waals surface area contributed by atoms with Crippen LogP contribution in [0.5, 0.6) is 0 Å². The van der Waals surface area contributed by atoms with E-state index in [-0.39, 0.29) is 69.3 Å². The van der Waals surface area contributed by atoms with Crippen molar-refractivity contribution in [1.29, 1.82) is 0 Å². The summed E-state index contributed by atoms with van der Waals surface area (Å²) in [4.78, 5) is 121. The summed E-state index contributed by atoms with van der Waals surface area (Å²) in [5.41, 5.74) is 28.9. The predicted octanol–water partition coefficient (Wildman–Crippen LogP) is 2.05. The zero-order chi connectivity index (χ0) is 61.0. The molecule has 0 radical (unpaired) electrons. The third-order valence-electron chi connectivity index (χ3n) is 13.1. The monoisotopic (exact) mass is 1150 g/mol. The molecule has 0 fully saturated rings. The van der Waals surface area contributed by atoms with Gasteiger partial charge in [0.25, 0.3) is 5.97 Å². The lowest BCUT2D eigenvalue weighted by Gasteiger charge is -2.27. The maximum atomic E-state index is 13.9. The molecule has 462 valence electrons. The minimum atomic E-state index is -1.60. The van der Waals surface area contributed by atoms with Crippen LogP contribution >= 0.6 is 0 Å². The van der Waals surface area contributed by atoms with Crippen molar-refractivity contribution < 1.29 is 53.4 Å². The minimum Gasteiger partial charge on any atom is -0.481 e. The molecule has 0 aliphatic rings. The molecule has 7 atom stereocenters.